The van der Waals surface area contributed by atoms with Crippen molar-refractivity contribution >= 4 is 17.2 Å². The summed E-state index contributed by atoms with van der Waals surface area (Å²) >= 11 is 1.67. The van der Waals surface area contributed by atoms with Gasteiger partial charge in [-0.05, 0) is 38.6 Å². The first-order chi connectivity index (χ1) is 8.74. The van der Waals surface area contributed by atoms with Gasteiger partial charge in [-0.1, -0.05) is 0 Å². The van der Waals surface area contributed by atoms with Gasteiger partial charge in [-0.2, -0.15) is 0 Å². The fraction of sp³-hybridized carbons (Fsp3) is 0.692. The molecule has 2 unspecified atom stereocenters. The van der Waals surface area contributed by atoms with Gasteiger partial charge in [0.05, 0.1) is 12.0 Å². The summed E-state index contributed by atoms with van der Waals surface area (Å²) in [6, 6.07) is 0.150. The number of aryl methyl sites for hydroxylation is 1. The highest BCUT2D eigenvalue weighted by Crippen LogP contribution is 2.42. The van der Waals surface area contributed by atoms with E-state index in [0.29, 0.717) is 5.92 Å². The normalized spacial score (nSPS) is 25.1. The van der Waals surface area contributed by atoms with Crippen molar-refractivity contribution in [3.8, 4) is 0 Å². The molecule has 0 spiro atoms. The predicted octanol–water partition coefficient (Wildman–Crippen LogP) is 1.63. The quantitative estimate of drug-likeness (QED) is 0.870. The van der Waals surface area contributed by atoms with E-state index in [9.17, 15) is 4.79 Å². The molecule has 1 saturated heterocycles. The molecule has 0 bridgehead atoms. The topological polar surface area (TPSA) is 54.0 Å². The van der Waals surface area contributed by atoms with E-state index in [1.165, 1.54) is 12.8 Å². The Morgan fingerprint density at radius 1 is 1.56 bits per heavy atom. The molecule has 1 aromatic heterocycles. The van der Waals surface area contributed by atoms with Crippen LogP contribution in [-0.2, 0) is 4.79 Å². The molecule has 2 N–H and O–H groups in total. The average Bonchev–Trinajstić information content (AvgIpc) is 2.88. The molecule has 2 fully saturated rings. The van der Waals surface area contributed by atoms with Crippen LogP contribution >= 0.6 is 11.3 Å². The zero-order valence-corrected chi connectivity index (χ0v) is 11.4. The van der Waals surface area contributed by atoms with E-state index in [1.807, 2.05) is 6.92 Å². The molecule has 0 radical (unpaired) electrons. The summed E-state index contributed by atoms with van der Waals surface area (Å²) in [5.41, 5.74) is 1.05. The first-order valence-corrected chi connectivity index (χ1v) is 7.55. The van der Waals surface area contributed by atoms with Gasteiger partial charge >= 0.3 is 0 Å². The number of hydrogen-bond acceptors (Lipinski definition) is 4. The number of amides is 1. The molecule has 1 saturated carbocycles. The van der Waals surface area contributed by atoms with Crippen molar-refractivity contribution in [2.45, 2.75) is 32.2 Å². The van der Waals surface area contributed by atoms with Gasteiger partial charge in [-0.15, -0.1) is 11.3 Å². The van der Waals surface area contributed by atoms with Gasteiger partial charge in [0.1, 0.15) is 5.01 Å². The maximum absolute atomic E-state index is 12.2. The standard InChI is InChI=1S/C13H19N3OS/c1-8-7-18-13(15-8)11(9-2-3-9)16-12(17)10-4-5-14-6-10/h7,9-11,14H,2-6H2,1H3,(H,16,17). The van der Waals surface area contributed by atoms with Crippen molar-refractivity contribution in [1.29, 1.82) is 0 Å². The highest BCUT2D eigenvalue weighted by molar-refractivity contribution is 7.09. The third-order valence-corrected chi connectivity index (χ3v) is 4.77. The second-order valence-corrected chi connectivity index (χ2v) is 6.23. The Labute approximate surface area is 111 Å². The van der Waals surface area contributed by atoms with Crippen molar-refractivity contribution in [3.05, 3.63) is 16.1 Å². The molecule has 3 rings (SSSR count). The minimum Gasteiger partial charge on any atom is -0.346 e. The highest BCUT2D eigenvalue weighted by Gasteiger charge is 2.36. The lowest BCUT2D eigenvalue weighted by atomic mass is 10.1. The minimum absolute atomic E-state index is 0.146. The molecular weight excluding hydrogens is 246 g/mol. The summed E-state index contributed by atoms with van der Waals surface area (Å²) in [6.07, 6.45) is 3.39. The van der Waals surface area contributed by atoms with Gasteiger partial charge < -0.3 is 10.6 Å². The molecule has 1 aliphatic carbocycles. The van der Waals surface area contributed by atoms with Gasteiger partial charge in [0.2, 0.25) is 5.91 Å². The van der Waals surface area contributed by atoms with Gasteiger partial charge in [0.25, 0.3) is 0 Å². The summed E-state index contributed by atoms with van der Waals surface area (Å²) in [4.78, 5) is 16.7. The average molecular weight is 265 g/mol. The lowest BCUT2D eigenvalue weighted by molar-refractivity contribution is -0.125. The molecule has 2 heterocycles. The molecule has 1 aromatic rings. The Balaban J connectivity index is 1.68. The van der Waals surface area contributed by atoms with Crippen LogP contribution in [0.2, 0.25) is 0 Å². The molecule has 1 aliphatic heterocycles. The summed E-state index contributed by atoms with van der Waals surface area (Å²) in [6.45, 7) is 3.79. The maximum atomic E-state index is 12.2. The lowest BCUT2D eigenvalue weighted by Crippen LogP contribution is -2.35. The van der Waals surface area contributed by atoms with Crippen LogP contribution < -0.4 is 10.6 Å². The lowest BCUT2D eigenvalue weighted by Gasteiger charge is -2.18. The highest BCUT2D eigenvalue weighted by atomic mass is 32.1. The Kier molecular flexibility index (Phi) is 3.35. The van der Waals surface area contributed by atoms with Gasteiger partial charge in [0, 0.05) is 17.6 Å². The monoisotopic (exact) mass is 265 g/mol. The van der Waals surface area contributed by atoms with Crippen molar-refractivity contribution in [2.75, 3.05) is 13.1 Å². The molecular formula is C13H19N3OS. The van der Waals surface area contributed by atoms with E-state index < -0.39 is 0 Å². The first kappa shape index (κ1) is 12.1. The van der Waals surface area contributed by atoms with Gasteiger partial charge in [0.15, 0.2) is 0 Å². The predicted molar refractivity (Wildman–Crippen MR) is 71.4 cm³/mol. The second-order valence-electron chi connectivity index (χ2n) is 5.34. The number of thiazole rings is 1. The molecule has 18 heavy (non-hydrogen) atoms. The zero-order valence-electron chi connectivity index (χ0n) is 10.6. The zero-order chi connectivity index (χ0) is 12.5. The number of nitrogens with one attached hydrogen (secondary N) is 2. The number of carbonyl (C=O) groups is 1. The smallest absolute Gasteiger partial charge is 0.225 e. The molecule has 0 aromatic carbocycles. The van der Waals surface area contributed by atoms with Crippen LogP contribution in [0.5, 0.6) is 0 Å². The van der Waals surface area contributed by atoms with E-state index in [2.05, 4.69) is 21.0 Å². The third kappa shape index (κ3) is 2.57. The summed E-state index contributed by atoms with van der Waals surface area (Å²) < 4.78 is 0. The Hall–Kier alpha value is -0.940. The fourth-order valence-electron chi connectivity index (χ4n) is 2.48. The molecule has 1 amide bonds. The minimum atomic E-state index is 0.146. The molecule has 2 atom stereocenters. The van der Waals surface area contributed by atoms with Gasteiger partial charge in [-0.3, -0.25) is 4.79 Å². The third-order valence-electron chi connectivity index (χ3n) is 3.73. The van der Waals surface area contributed by atoms with Crippen LogP contribution in [0.4, 0.5) is 0 Å². The van der Waals surface area contributed by atoms with E-state index in [4.69, 9.17) is 0 Å². The van der Waals surface area contributed by atoms with Crippen LogP contribution in [0.3, 0.4) is 0 Å². The first-order valence-electron chi connectivity index (χ1n) is 6.67. The van der Waals surface area contributed by atoms with Crippen molar-refractivity contribution in [2.24, 2.45) is 11.8 Å². The molecule has 98 valence electrons. The maximum Gasteiger partial charge on any atom is 0.225 e. The number of nitrogens with zero attached hydrogens (tertiary/aromatic N) is 1. The molecule has 2 aliphatic rings. The number of rotatable bonds is 4. The fourth-order valence-corrected chi connectivity index (χ4v) is 3.41. The number of carbonyl (C=O) groups excluding carboxylic acids is 1. The summed E-state index contributed by atoms with van der Waals surface area (Å²) in [7, 11) is 0. The second kappa shape index (κ2) is 4.97. The van der Waals surface area contributed by atoms with Crippen molar-refractivity contribution < 1.29 is 4.79 Å². The van der Waals surface area contributed by atoms with Gasteiger partial charge in [-0.25, -0.2) is 4.98 Å². The molecule has 4 nitrogen and oxygen atoms in total. The van der Waals surface area contributed by atoms with Crippen molar-refractivity contribution in [1.82, 2.24) is 15.6 Å². The van der Waals surface area contributed by atoms with Crippen molar-refractivity contribution in [3.63, 3.8) is 0 Å². The number of aromatic nitrogens is 1. The summed E-state index contributed by atoms with van der Waals surface area (Å²) in [5, 5.41) is 9.60. The van der Waals surface area contributed by atoms with Crippen LogP contribution in [0, 0.1) is 18.8 Å². The number of hydrogen-bond donors (Lipinski definition) is 2. The van der Waals surface area contributed by atoms with E-state index in [-0.39, 0.29) is 17.9 Å². The van der Waals surface area contributed by atoms with E-state index >= 15 is 0 Å². The largest absolute Gasteiger partial charge is 0.346 e. The SMILES string of the molecule is Cc1csc(C(NC(=O)C2CCNC2)C2CC2)n1. The van der Waals surface area contributed by atoms with E-state index in [1.54, 1.807) is 11.3 Å². The Bertz CT molecular complexity index is 435. The van der Waals surface area contributed by atoms with Crippen LogP contribution in [0.15, 0.2) is 5.38 Å². The Morgan fingerprint density at radius 3 is 2.94 bits per heavy atom. The van der Waals surface area contributed by atoms with Crippen LogP contribution in [0.25, 0.3) is 0 Å². The van der Waals surface area contributed by atoms with Crippen LogP contribution in [-0.4, -0.2) is 24.0 Å². The van der Waals surface area contributed by atoms with E-state index in [0.717, 1.165) is 30.2 Å². The molecule has 5 heteroatoms. The van der Waals surface area contributed by atoms with Crippen LogP contribution in [0.1, 0.15) is 36.0 Å². The Morgan fingerprint density at radius 2 is 2.39 bits per heavy atom. The summed E-state index contributed by atoms with van der Waals surface area (Å²) in [5.74, 6) is 0.950.